The SMILES string of the molecule is CC(O)C(N)N(Cc1ccccc1)S(=O)(=O)c1ccc2oc3ccccc3c2c1. The Labute approximate surface area is 169 Å². The predicted octanol–water partition coefficient (Wildman–Crippen LogP) is 3.44. The number of aliphatic hydroxyl groups is 1. The van der Waals surface area contributed by atoms with E-state index in [-0.39, 0.29) is 11.4 Å². The Kier molecular flexibility index (Phi) is 5.14. The first-order valence-corrected chi connectivity index (χ1v) is 10.7. The molecule has 6 nitrogen and oxygen atoms in total. The van der Waals surface area contributed by atoms with Crippen molar-refractivity contribution in [3.8, 4) is 0 Å². The molecule has 1 aromatic heterocycles. The van der Waals surface area contributed by atoms with E-state index in [1.54, 1.807) is 12.1 Å². The normalized spacial score (nSPS) is 14.5. The third-order valence-electron chi connectivity index (χ3n) is 4.96. The summed E-state index contributed by atoms with van der Waals surface area (Å²) in [5.74, 6) is 0. The van der Waals surface area contributed by atoms with Crippen molar-refractivity contribution < 1.29 is 17.9 Å². The van der Waals surface area contributed by atoms with Gasteiger partial charge in [0, 0.05) is 17.3 Å². The molecule has 0 saturated heterocycles. The maximum atomic E-state index is 13.5. The molecule has 4 aromatic rings. The minimum Gasteiger partial charge on any atom is -0.456 e. The fourth-order valence-corrected chi connectivity index (χ4v) is 4.95. The molecule has 3 N–H and O–H groups in total. The summed E-state index contributed by atoms with van der Waals surface area (Å²) in [7, 11) is -3.97. The zero-order valence-electron chi connectivity index (χ0n) is 15.9. The van der Waals surface area contributed by atoms with E-state index in [0.29, 0.717) is 16.6 Å². The van der Waals surface area contributed by atoms with Gasteiger partial charge in [0.1, 0.15) is 11.2 Å². The monoisotopic (exact) mass is 410 g/mol. The lowest BCUT2D eigenvalue weighted by Crippen LogP contribution is -2.51. The minimum atomic E-state index is -3.97. The highest BCUT2D eigenvalue weighted by Crippen LogP contribution is 2.31. The Morgan fingerprint density at radius 1 is 0.966 bits per heavy atom. The minimum absolute atomic E-state index is 0.0550. The van der Waals surface area contributed by atoms with Gasteiger partial charge in [-0.3, -0.25) is 0 Å². The lowest BCUT2D eigenvalue weighted by Gasteiger charge is -2.30. The second-order valence-electron chi connectivity index (χ2n) is 7.02. The number of para-hydroxylation sites is 1. The average Bonchev–Trinajstić information content (AvgIpc) is 3.10. The maximum absolute atomic E-state index is 13.5. The summed E-state index contributed by atoms with van der Waals surface area (Å²) in [6.45, 7) is 1.53. The van der Waals surface area contributed by atoms with Crippen LogP contribution in [-0.2, 0) is 16.6 Å². The number of benzene rings is 3. The Morgan fingerprint density at radius 3 is 2.34 bits per heavy atom. The molecule has 150 valence electrons. The summed E-state index contributed by atoms with van der Waals surface area (Å²) in [6.07, 6.45) is -2.12. The molecule has 1 heterocycles. The number of aliphatic hydroxyl groups excluding tert-OH is 1. The number of furan rings is 1. The van der Waals surface area contributed by atoms with Crippen molar-refractivity contribution in [2.45, 2.75) is 30.6 Å². The van der Waals surface area contributed by atoms with Crippen LogP contribution < -0.4 is 5.73 Å². The summed E-state index contributed by atoms with van der Waals surface area (Å²) in [5, 5.41) is 11.6. The van der Waals surface area contributed by atoms with Crippen molar-refractivity contribution in [3.63, 3.8) is 0 Å². The van der Waals surface area contributed by atoms with E-state index >= 15 is 0 Å². The standard InChI is InChI=1S/C22H22N2O4S/c1-15(25)22(23)24(14-16-7-3-2-4-8-16)29(26,27)17-11-12-21-19(13-17)18-9-5-6-10-20(18)28-21/h2-13,15,22,25H,14,23H2,1H3. The second-order valence-corrected chi connectivity index (χ2v) is 8.91. The molecule has 4 rings (SSSR count). The number of hydrogen-bond donors (Lipinski definition) is 2. The highest BCUT2D eigenvalue weighted by Gasteiger charge is 2.32. The maximum Gasteiger partial charge on any atom is 0.244 e. The van der Waals surface area contributed by atoms with Crippen molar-refractivity contribution in [2.24, 2.45) is 5.73 Å². The van der Waals surface area contributed by atoms with Crippen LogP contribution in [0.2, 0.25) is 0 Å². The molecular formula is C22H22N2O4S. The zero-order chi connectivity index (χ0) is 20.6. The van der Waals surface area contributed by atoms with Crippen LogP contribution in [0.3, 0.4) is 0 Å². The van der Waals surface area contributed by atoms with E-state index in [1.807, 2.05) is 54.6 Å². The molecule has 0 bridgehead atoms. The predicted molar refractivity (Wildman–Crippen MR) is 113 cm³/mol. The molecule has 0 aliphatic rings. The molecule has 0 spiro atoms. The van der Waals surface area contributed by atoms with Crippen LogP contribution in [0.5, 0.6) is 0 Å². The van der Waals surface area contributed by atoms with Crippen LogP contribution >= 0.6 is 0 Å². The van der Waals surface area contributed by atoms with Crippen molar-refractivity contribution >= 4 is 32.0 Å². The molecule has 3 aromatic carbocycles. The zero-order valence-corrected chi connectivity index (χ0v) is 16.7. The molecule has 0 amide bonds. The van der Waals surface area contributed by atoms with Gasteiger partial charge < -0.3 is 15.3 Å². The van der Waals surface area contributed by atoms with Crippen LogP contribution in [0.15, 0.2) is 82.1 Å². The Bertz CT molecular complexity index is 1250. The molecule has 29 heavy (non-hydrogen) atoms. The van der Waals surface area contributed by atoms with E-state index < -0.39 is 22.3 Å². The third-order valence-corrected chi connectivity index (χ3v) is 6.80. The molecule has 0 aliphatic carbocycles. The lowest BCUT2D eigenvalue weighted by atomic mass is 10.1. The fourth-order valence-electron chi connectivity index (χ4n) is 3.36. The number of hydrogen-bond acceptors (Lipinski definition) is 5. The largest absolute Gasteiger partial charge is 0.456 e. The van der Waals surface area contributed by atoms with Gasteiger partial charge in [0.2, 0.25) is 10.0 Å². The number of nitrogens with two attached hydrogens (primary N) is 1. The Morgan fingerprint density at radius 2 is 1.62 bits per heavy atom. The van der Waals surface area contributed by atoms with Gasteiger partial charge >= 0.3 is 0 Å². The summed E-state index contributed by atoms with van der Waals surface area (Å²) < 4.78 is 33.9. The van der Waals surface area contributed by atoms with E-state index in [0.717, 1.165) is 15.3 Å². The number of rotatable bonds is 6. The van der Waals surface area contributed by atoms with Crippen molar-refractivity contribution in [1.82, 2.24) is 4.31 Å². The van der Waals surface area contributed by atoms with Gasteiger partial charge in [-0.15, -0.1) is 0 Å². The molecule has 2 atom stereocenters. The molecule has 0 saturated carbocycles. The van der Waals surface area contributed by atoms with E-state index in [1.165, 1.54) is 13.0 Å². The topological polar surface area (TPSA) is 96.8 Å². The summed E-state index contributed by atoms with van der Waals surface area (Å²) >= 11 is 0. The first-order chi connectivity index (χ1) is 13.9. The van der Waals surface area contributed by atoms with Crippen molar-refractivity contribution in [1.29, 1.82) is 0 Å². The molecule has 0 fully saturated rings. The average molecular weight is 410 g/mol. The second kappa shape index (κ2) is 7.61. The Hall–Kier alpha value is -2.71. The highest BCUT2D eigenvalue weighted by molar-refractivity contribution is 7.89. The van der Waals surface area contributed by atoms with Gasteiger partial charge in [0.25, 0.3) is 0 Å². The number of sulfonamides is 1. The van der Waals surface area contributed by atoms with Gasteiger partial charge in [-0.05, 0) is 36.8 Å². The summed E-state index contributed by atoms with van der Waals surface area (Å²) in [5.41, 5.74) is 8.18. The van der Waals surface area contributed by atoms with Crippen LogP contribution in [0.25, 0.3) is 21.9 Å². The summed E-state index contributed by atoms with van der Waals surface area (Å²) in [6, 6.07) is 21.4. The highest BCUT2D eigenvalue weighted by atomic mass is 32.2. The van der Waals surface area contributed by atoms with Crippen LogP contribution in [-0.4, -0.2) is 30.1 Å². The lowest BCUT2D eigenvalue weighted by molar-refractivity contribution is 0.105. The molecule has 0 aliphatic heterocycles. The fraction of sp³-hybridized carbons (Fsp3) is 0.182. The smallest absolute Gasteiger partial charge is 0.244 e. The molecule has 7 heteroatoms. The van der Waals surface area contributed by atoms with Gasteiger partial charge in [-0.2, -0.15) is 4.31 Å². The quantitative estimate of drug-likeness (QED) is 0.475. The first kappa shape index (κ1) is 19.6. The molecule has 2 unspecified atom stereocenters. The van der Waals surface area contributed by atoms with Crippen LogP contribution in [0, 0.1) is 0 Å². The van der Waals surface area contributed by atoms with Crippen LogP contribution in [0.1, 0.15) is 12.5 Å². The Balaban J connectivity index is 1.82. The van der Waals surface area contributed by atoms with Crippen molar-refractivity contribution in [2.75, 3.05) is 0 Å². The van der Waals surface area contributed by atoms with E-state index in [9.17, 15) is 13.5 Å². The van der Waals surface area contributed by atoms with Crippen LogP contribution in [0.4, 0.5) is 0 Å². The summed E-state index contributed by atoms with van der Waals surface area (Å²) in [4.78, 5) is 0.101. The van der Waals surface area contributed by atoms with Gasteiger partial charge in [0.05, 0.1) is 17.2 Å². The van der Waals surface area contributed by atoms with Gasteiger partial charge in [-0.1, -0.05) is 48.5 Å². The van der Waals surface area contributed by atoms with Crippen molar-refractivity contribution in [3.05, 3.63) is 78.4 Å². The molecule has 0 radical (unpaired) electrons. The van der Waals surface area contributed by atoms with Gasteiger partial charge in [0.15, 0.2) is 0 Å². The molecular weight excluding hydrogens is 388 g/mol. The number of nitrogens with zero attached hydrogens (tertiary/aromatic N) is 1. The van der Waals surface area contributed by atoms with E-state index in [2.05, 4.69) is 0 Å². The number of fused-ring (bicyclic) bond motifs is 3. The van der Waals surface area contributed by atoms with Gasteiger partial charge in [-0.25, -0.2) is 8.42 Å². The van der Waals surface area contributed by atoms with E-state index in [4.69, 9.17) is 10.2 Å². The first-order valence-electron chi connectivity index (χ1n) is 9.28. The third kappa shape index (κ3) is 3.65.